The van der Waals surface area contributed by atoms with E-state index in [0.717, 1.165) is 62.5 Å². The number of rotatable bonds is 8. The molecule has 1 saturated carbocycles. The minimum absolute atomic E-state index is 0.146. The van der Waals surface area contributed by atoms with Crippen molar-refractivity contribution in [1.29, 1.82) is 0 Å². The third-order valence-corrected chi connectivity index (χ3v) is 8.99. The van der Waals surface area contributed by atoms with Gasteiger partial charge in [0.05, 0.1) is 27.2 Å². The molecule has 0 saturated heterocycles. The maximum atomic E-state index is 12.3. The van der Waals surface area contributed by atoms with E-state index in [2.05, 4.69) is 37.7 Å². The number of para-hydroxylation sites is 1. The SMILES string of the molecule is O=C(O)[C@@H]1CCCC[C@@H]1c1nc2cc(OCc3nc4ccccc4s3)ccc2n1Cc1ccc(-c2ncccn2)cc1. The van der Waals surface area contributed by atoms with E-state index in [1.807, 2.05) is 48.5 Å². The van der Waals surface area contributed by atoms with Crippen LogP contribution < -0.4 is 4.74 Å². The molecule has 3 aromatic heterocycles. The number of imidazole rings is 1. The molecular formula is C33H29N5O3S. The van der Waals surface area contributed by atoms with E-state index in [4.69, 9.17) is 9.72 Å². The summed E-state index contributed by atoms with van der Waals surface area (Å²) in [6.45, 7) is 0.954. The predicted octanol–water partition coefficient (Wildman–Crippen LogP) is 7.09. The number of hydrogen-bond acceptors (Lipinski definition) is 7. The highest BCUT2D eigenvalue weighted by Gasteiger charge is 2.35. The molecule has 1 fully saturated rings. The van der Waals surface area contributed by atoms with E-state index in [1.54, 1.807) is 29.8 Å². The molecule has 0 bridgehead atoms. The van der Waals surface area contributed by atoms with Crippen molar-refractivity contribution in [2.24, 2.45) is 5.92 Å². The van der Waals surface area contributed by atoms with Gasteiger partial charge >= 0.3 is 5.97 Å². The van der Waals surface area contributed by atoms with Crippen molar-refractivity contribution in [2.45, 2.75) is 44.8 Å². The maximum Gasteiger partial charge on any atom is 0.307 e. The zero-order valence-corrected chi connectivity index (χ0v) is 23.7. The van der Waals surface area contributed by atoms with Crippen LogP contribution in [-0.2, 0) is 17.9 Å². The Hall–Kier alpha value is -4.63. The first-order valence-electron chi connectivity index (χ1n) is 14.2. The molecule has 6 aromatic rings. The molecule has 1 aliphatic carbocycles. The van der Waals surface area contributed by atoms with Gasteiger partial charge in [-0.05, 0) is 48.7 Å². The smallest absolute Gasteiger partial charge is 0.307 e. The molecule has 2 atom stereocenters. The van der Waals surface area contributed by atoms with Crippen LogP contribution in [0, 0.1) is 5.92 Å². The number of carbonyl (C=O) groups is 1. The molecule has 0 spiro atoms. The molecule has 7 rings (SSSR count). The predicted molar refractivity (Wildman–Crippen MR) is 163 cm³/mol. The number of ether oxygens (including phenoxy) is 1. The van der Waals surface area contributed by atoms with Crippen molar-refractivity contribution in [3.8, 4) is 17.1 Å². The lowest BCUT2D eigenvalue weighted by molar-refractivity contribution is -0.143. The number of fused-ring (bicyclic) bond motifs is 2. The molecule has 8 nitrogen and oxygen atoms in total. The van der Waals surface area contributed by atoms with E-state index in [-0.39, 0.29) is 5.92 Å². The van der Waals surface area contributed by atoms with E-state index < -0.39 is 11.9 Å². The van der Waals surface area contributed by atoms with Gasteiger partial charge in [0.15, 0.2) is 5.82 Å². The fourth-order valence-electron chi connectivity index (χ4n) is 5.92. The normalized spacial score (nSPS) is 17.0. The molecule has 0 radical (unpaired) electrons. The zero-order valence-electron chi connectivity index (χ0n) is 22.9. The van der Waals surface area contributed by atoms with Crippen LogP contribution in [-0.4, -0.2) is 35.6 Å². The lowest BCUT2D eigenvalue weighted by Crippen LogP contribution is -2.27. The van der Waals surface area contributed by atoms with Gasteiger partial charge in [-0.3, -0.25) is 4.79 Å². The molecule has 0 unspecified atom stereocenters. The summed E-state index contributed by atoms with van der Waals surface area (Å²) in [7, 11) is 0. The Balaban J connectivity index is 1.21. The van der Waals surface area contributed by atoms with E-state index in [0.29, 0.717) is 31.1 Å². The van der Waals surface area contributed by atoms with Gasteiger partial charge in [-0.2, -0.15) is 0 Å². The second kappa shape index (κ2) is 11.3. The Morgan fingerprint density at radius 2 is 1.74 bits per heavy atom. The zero-order chi connectivity index (χ0) is 28.5. The summed E-state index contributed by atoms with van der Waals surface area (Å²) in [4.78, 5) is 30.7. The Labute approximate surface area is 246 Å². The largest absolute Gasteiger partial charge is 0.486 e. The summed E-state index contributed by atoms with van der Waals surface area (Å²) < 4.78 is 9.48. The van der Waals surface area contributed by atoms with Crippen LogP contribution in [0.1, 0.15) is 48.0 Å². The molecule has 1 aliphatic rings. The topological polar surface area (TPSA) is 103 Å². The highest BCUT2D eigenvalue weighted by Crippen LogP contribution is 2.39. The van der Waals surface area contributed by atoms with Crippen LogP contribution in [0.4, 0.5) is 0 Å². The van der Waals surface area contributed by atoms with Crippen LogP contribution in [0.3, 0.4) is 0 Å². The first kappa shape index (κ1) is 26.3. The number of thiazole rings is 1. The second-order valence-corrected chi connectivity index (χ2v) is 11.8. The van der Waals surface area contributed by atoms with Gasteiger partial charge in [-0.1, -0.05) is 49.2 Å². The van der Waals surface area contributed by atoms with Gasteiger partial charge in [0, 0.05) is 36.5 Å². The van der Waals surface area contributed by atoms with Gasteiger partial charge in [0.1, 0.15) is 23.2 Å². The summed E-state index contributed by atoms with van der Waals surface area (Å²) in [5.74, 6) is 0.891. The minimum atomic E-state index is -0.745. The standard InChI is InChI=1S/C33H29N5O3S/c39-33(40)25-7-2-1-6-24(25)32-37-27-18-23(41-20-30-36-26-8-3-4-9-29(26)42-30)14-15-28(27)38(32)19-21-10-12-22(13-11-21)31-34-16-5-17-35-31/h3-5,8-18,24-25H,1-2,6-7,19-20H2,(H,39,40)/t24-,25+/m0/s1. The molecule has 42 heavy (non-hydrogen) atoms. The Morgan fingerprint density at radius 1 is 0.929 bits per heavy atom. The summed E-state index contributed by atoms with van der Waals surface area (Å²) in [6, 6.07) is 24.0. The van der Waals surface area contributed by atoms with Gasteiger partial charge in [0.25, 0.3) is 0 Å². The number of benzene rings is 3. The first-order chi connectivity index (χ1) is 20.6. The lowest BCUT2D eigenvalue weighted by atomic mass is 9.78. The molecule has 9 heteroatoms. The number of hydrogen-bond donors (Lipinski definition) is 1. The maximum absolute atomic E-state index is 12.3. The average Bonchev–Trinajstić information content (AvgIpc) is 3.61. The van der Waals surface area contributed by atoms with Crippen molar-refractivity contribution in [2.75, 3.05) is 0 Å². The monoisotopic (exact) mass is 575 g/mol. The van der Waals surface area contributed by atoms with Crippen molar-refractivity contribution >= 4 is 38.6 Å². The highest BCUT2D eigenvalue weighted by molar-refractivity contribution is 7.18. The fourth-order valence-corrected chi connectivity index (χ4v) is 6.80. The molecule has 1 N–H and O–H groups in total. The van der Waals surface area contributed by atoms with Crippen molar-refractivity contribution < 1.29 is 14.6 Å². The van der Waals surface area contributed by atoms with Crippen LogP contribution in [0.25, 0.3) is 32.6 Å². The van der Waals surface area contributed by atoms with Gasteiger partial charge in [-0.15, -0.1) is 11.3 Å². The molecule has 3 aromatic carbocycles. The minimum Gasteiger partial charge on any atom is -0.486 e. The first-order valence-corrected chi connectivity index (χ1v) is 15.0. The number of carboxylic acids is 1. The molecule has 0 aliphatic heterocycles. The average molecular weight is 576 g/mol. The summed E-state index contributed by atoms with van der Waals surface area (Å²) in [5, 5.41) is 11.0. The van der Waals surface area contributed by atoms with Crippen LogP contribution in [0.15, 0.2) is 85.2 Å². The number of aromatic nitrogens is 5. The number of nitrogens with zero attached hydrogens (tertiary/aromatic N) is 5. The van der Waals surface area contributed by atoms with Gasteiger partial charge < -0.3 is 14.4 Å². The summed E-state index contributed by atoms with van der Waals surface area (Å²) in [5.41, 5.74) is 4.78. The Bertz CT molecular complexity index is 1830. The Morgan fingerprint density at radius 3 is 2.55 bits per heavy atom. The van der Waals surface area contributed by atoms with E-state index >= 15 is 0 Å². The summed E-state index contributed by atoms with van der Waals surface area (Å²) in [6.07, 6.45) is 6.89. The third kappa shape index (κ3) is 5.23. The molecule has 3 heterocycles. The van der Waals surface area contributed by atoms with Crippen molar-refractivity contribution in [3.63, 3.8) is 0 Å². The van der Waals surface area contributed by atoms with Crippen LogP contribution in [0.5, 0.6) is 5.75 Å². The van der Waals surface area contributed by atoms with Crippen molar-refractivity contribution in [1.82, 2.24) is 24.5 Å². The molecule has 0 amide bonds. The Kier molecular flexibility index (Phi) is 7.09. The highest BCUT2D eigenvalue weighted by atomic mass is 32.1. The number of aliphatic carboxylic acids is 1. The molecular weight excluding hydrogens is 546 g/mol. The third-order valence-electron chi connectivity index (χ3n) is 7.98. The lowest BCUT2D eigenvalue weighted by Gasteiger charge is -2.28. The van der Waals surface area contributed by atoms with Gasteiger partial charge in [0.2, 0.25) is 0 Å². The second-order valence-electron chi connectivity index (χ2n) is 10.7. The fraction of sp³-hybridized carbons (Fsp3) is 0.242. The van der Waals surface area contributed by atoms with E-state index in [1.165, 1.54) is 0 Å². The van der Waals surface area contributed by atoms with Crippen LogP contribution in [0.2, 0.25) is 0 Å². The number of carboxylic acid groups (broad SMARTS) is 1. The molecule has 210 valence electrons. The van der Waals surface area contributed by atoms with E-state index in [9.17, 15) is 9.90 Å². The van der Waals surface area contributed by atoms with Crippen LogP contribution >= 0.6 is 11.3 Å². The van der Waals surface area contributed by atoms with Crippen molar-refractivity contribution in [3.05, 3.63) is 102 Å². The van der Waals surface area contributed by atoms with Gasteiger partial charge in [-0.25, -0.2) is 19.9 Å². The summed E-state index contributed by atoms with van der Waals surface area (Å²) >= 11 is 1.63. The quantitative estimate of drug-likeness (QED) is 0.207.